The summed E-state index contributed by atoms with van der Waals surface area (Å²) in [6.45, 7) is 1.33. The van der Waals surface area contributed by atoms with E-state index in [1.54, 1.807) is 12.1 Å². The number of para-hydroxylation sites is 1. The molecule has 0 saturated carbocycles. The number of methoxy groups -OCH3 is 2. The van der Waals surface area contributed by atoms with Crippen LogP contribution in [0.15, 0.2) is 48.5 Å². The lowest BCUT2D eigenvalue weighted by Crippen LogP contribution is -2.05. The third-order valence-corrected chi connectivity index (χ3v) is 3.80. The van der Waals surface area contributed by atoms with Crippen LogP contribution in [0.5, 0.6) is 17.2 Å². The van der Waals surface area contributed by atoms with Gasteiger partial charge in [-0.15, -0.1) is 0 Å². The molecule has 0 unspecified atom stereocenters. The molecular formula is C21H19NO4. The SMILES string of the molecule is COc1cc(C=Cc2ccc3ccccc3n2)cc(OC)c1OC(C)=O. The fraction of sp³-hybridized carbons (Fsp3) is 0.143. The lowest BCUT2D eigenvalue weighted by Gasteiger charge is -2.13. The minimum atomic E-state index is -0.440. The van der Waals surface area contributed by atoms with Gasteiger partial charge in [0.15, 0.2) is 11.5 Å². The van der Waals surface area contributed by atoms with Gasteiger partial charge in [0.05, 0.1) is 25.4 Å². The van der Waals surface area contributed by atoms with E-state index in [0.29, 0.717) is 11.5 Å². The Bertz CT molecular complexity index is 954. The lowest BCUT2D eigenvalue weighted by molar-refractivity contribution is -0.132. The number of pyridine rings is 1. The van der Waals surface area contributed by atoms with Crippen molar-refractivity contribution in [1.82, 2.24) is 4.98 Å². The molecule has 0 aliphatic carbocycles. The number of ether oxygens (including phenoxy) is 3. The summed E-state index contributed by atoms with van der Waals surface area (Å²) in [6, 6.07) is 15.5. The summed E-state index contributed by atoms with van der Waals surface area (Å²) in [5, 5.41) is 1.10. The molecular weight excluding hydrogens is 330 g/mol. The van der Waals surface area contributed by atoms with Gasteiger partial charge in [-0.25, -0.2) is 4.98 Å². The van der Waals surface area contributed by atoms with Crippen molar-refractivity contribution in [2.75, 3.05) is 14.2 Å². The van der Waals surface area contributed by atoms with Crippen molar-refractivity contribution in [3.8, 4) is 17.2 Å². The van der Waals surface area contributed by atoms with E-state index in [1.807, 2.05) is 48.6 Å². The van der Waals surface area contributed by atoms with Crippen molar-refractivity contribution >= 4 is 29.0 Å². The predicted octanol–water partition coefficient (Wildman–Crippen LogP) is 4.35. The molecule has 0 amide bonds. The van der Waals surface area contributed by atoms with Gasteiger partial charge in [-0.1, -0.05) is 30.3 Å². The Morgan fingerprint density at radius 3 is 2.31 bits per heavy atom. The minimum absolute atomic E-state index is 0.267. The maximum Gasteiger partial charge on any atom is 0.308 e. The van der Waals surface area contributed by atoms with Gasteiger partial charge >= 0.3 is 5.97 Å². The number of aromatic nitrogens is 1. The number of benzene rings is 2. The van der Waals surface area contributed by atoms with Crippen LogP contribution in [0.4, 0.5) is 0 Å². The Labute approximate surface area is 151 Å². The Morgan fingerprint density at radius 1 is 0.962 bits per heavy atom. The number of hydrogen-bond donors (Lipinski definition) is 0. The summed E-state index contributed by atoms with van der Waals surface area (Å²) in [5.74, 6) is 0.671. The summed E-state index contributed by atoms with van der Waals surface area (Å²) in [7, 11) is 3.03. The average Bonchev–Trinajstić information content (AvgIpc) is 2.66. The van der Waals surface area contributed by atoms with E-state index in [1.165, 1.54) is 21.1 Å². The first-order valence-corrected chi connectivity index (χ1v) is 8.09. The van der Waals surface area contributed by atoms with Gasteiger partial charge in [0, 0.05) is 12.3 Å². The maximum atomic E-state index is 11.3. The largest absolute Gasteiger partial charge is 0.493 e. The van der Waals surface area contributed by atoms with E-state index in [4.69, 9.17) is 14.2 Å². The molecule has 3 rings (SSSR count). The van der Waals surface area contributed by atoms with Crippen LogP contribution in [0.1, 0.15) is 18.2 Å². The highest BCUT2D eigenvalue weighted by Gasteiger charge is 2.15. The Morgan fingerprint density at radius 2 is 1.65 bits per heavy atom. The molecule has 0 N–H and O–H groups in total. The maximum absolute atomic E-state index is 11.3. The van der Waals surface area contributed by atoms with Gasteiger partial charge in [0.25, 0.3) is 0 Å². The number of carbonyl (C=O) groups excluding carboxylic acids is 1. The molecule has 1 heterocycles. The topological polar surface area (TPSA) is 57.6 Å². The summed E-state index contributed by atoms with van der Waals surface area (Å²) in [4.78, 5) is 15.9. The van der Waals surface area contributed by atoms with Crippen LogP contribution in [0.25, 0.3) is 23.1 Å². The van der Waals surface area contributed by atoms with Crippen molar-refractivity contribution in [3.63, 3.8) is 0 Å². The van der Waals surface area contributed by atoms with Gasteiger partial charge < -0.3 is 14.2 Å². The van der Waals surface area contributed by atoms with Crippen LogP contribution in [0.2, 0.25) is 0 Å². The number of esters is 1. The summed E-state index contributed by atoms with van der Waals surface area (Å²) in [6.07, 6.45) is 3.81. The van der Waals surface area contributed by atoms with E-state index in [2.05, 4.69) is 4.98 Å². The molecule has 0 aliphatic heterocycles. The molecule has 3 aromatic rings. The minimum Gasteiger partial charge on any atom is -0.493 e. The highest BCUT2D eigenvalue weighted by atomic mass is 16.6. The zero-order valence-corrected chi connectivity index (χ0v) is 14.9. The monoisotopic (exact) mass is 349 g/mol. The molecule has 0 atom stereocenters. The molecule has 5 heteroatoms. The first kappa shape index (κ1) is 17.5. The zero-order chi connectivity index (χ0) is 18.5. The van der Waals surface area contributed by atoms with Crippen LogP contribution >= 0.6 is 0 Å². The Balaban J connectivity index is 1.95. The summed E-state index contributed by atoms with van der Waals surface area (Å²) >= 11 is 0. The molecule has 0 aliphatic rings. The first-order chi connectivity index (χ1) is 12.6. The van der Waals surface area contributed by atoms with Crippen LogP contribution in [-0.2, 0) is 4.79 Å². The van der Waals surface area contributed by atoms with Crippen LogP contribution in [-0.4, -0.2) is 25.2 Å². The van der Waals surface area contributed by atoms with E-state index >= 15 is 0 Å². The van der Waals surface area contributed by atoms with Crippen LogP contribution in [0, 0.1) is 0 Å². The van der Waals surface area contributed by atoms with E-state index in [0.717, 1.165) is 22.2 Å². The van der Waals surface area contributed by atoms with E-state index < -0.39 is 5.97 Å². The number of hydrogen-bond acceptors (Lipinski definition) is 5. The van der Waals surface area contributed by atoms with Gasteiger partial charge in [0.1, 0.15) is 0 Å². The van der Waals surface area contributed by atoms with Gasteiger partial charge in [0.2, 0.25) is 5.75 Å². The molecule has 0 fully saturated rings. The van der Waals surface area contributed by atoms with E-state index in [9.17, 15) is 4.79 Å². The fourth-order valence-electron chi connectivity index (χ4n) is 2.60. The van der Waals surface area contributed by atoms with Crippen molar-refractivity contribution in [2.45, 2.75) is 6.92 Å². The van der Waals surface area contributed by atoms with E-state index in [-0.39, 0.29) is 5.75 Å². The molecule has 0 bridgehead atoms. The Hall–Kier alpha value is -3.34. The second-order valence-corrected chi connectivity index (χ2v) is 5.61. The zero-order valence-electron chi connectivity index (χ0n) is 14.9. The third-order valence-electron chi connectivity index (χ3n) is 3.80. The molecule has 0 radical (unpaired) electrons. The number of carbonyl (C=O) groups is 1. The molecule has 2 aromatic carbocycles. The molecule has 26 heavy (non-hydrogen) atoms. The van der Waals surface area contributed by atoms with Crippen LogP contribution < -0.4 is 14.2 Å². The van der Waals surface area contributed by atoms with Crippen molar-refractivity contribution in [3.05, 3.63) is 59.8 Å². The van der Waals surface area contributed by atoms with Gasteiger partial charge in [-0.2, -0.15) is 0 Å². The first-order valence-electron chi connectivity index (χ1n) is 8.09. The van der Waals surface area contributed by atoms with Crippen molar-refractivity contribution in [1.29, 1.82) is 0 Å². The highest BCUT2D eigenvalue weighted by Crippen LogP contribution is 2.39. The smallest absolute Gasteiger partial charge is 0.308 e. The second kappa shape index (κ2) is 7.70. The van der Waals surface area contributed by atoms with Gasteiger partial charge in [-0.05, 0) is 35.9 Å². The number of fused-ring (bicyclic) bond motifs is 1. The van der Waals surface area contributed by atoms with Crippen molar-refractivity contribution in [2.24, 2.45) is 0 Å². The molecule has 132 valence electrons. The molecule has 1 aromatic heterocycles. The third kappa shape index (κ3) is 3.83. The van der Waals surface area contributed by atoms with Crippen LogP contribution in [0.3, 0.4) is 0 Å². The number of nitrogens with zero attached hydrogens (tertiary/aromatic N) is 1. The fourth-order valence-corrected chi connectivity index (χ4v) is 2.60. The summed E-state index contributed by atoms with van der Waals surface area (Å²) < 4.78 is 15.9. The standard InChI is InChI=1S/C21H19NO4/c1-14(23)26-21-19(24-2)12-15(13-20(21)25-3)8-10-17-11-9-16-6-4-5-7-18(16)22-17/h4-13H,1-3H3. The quantitative estimate of drug-likeness (QED) is 0.506. The Kier molecular flexibility index (Phi) is 5.17. The molecule has 0 spiro atoms. The summed E-state index contributed by atoms with van der Waals surface area (Å²) in [5.41, 5.74) is 2.62. The predicted molar refractivity (Wildman–Crippen MR) is 102 cm³/mol. The average molecular weight is 349 g/mol. The molecule has 5 nitrogen and oxygen atoms in total. The van der Waals surface area contributed by atoms with Gasteiger partial charge in [-0.3, -0.25) is 4.79 Å². The normalized spacial score (nSPS) is 10.9. The highest BCUT2D eigenvalue weighted by molar-refractivity contribution is 5.81. The van der Waals surface area contributed by atoms with Crippen molar-refractivity contribution < 1.29 is 19.0 Å². The lowest BCUT2D eigenvalue weighted by atomic mass is 10.1. The molecule has 0 saturated heterocycles. The second-order valence-electron chi connectivity index (χ2n) is 5.61. The number of rotatable bonds is 5.